The zero-order valence-electron chi connectivity index (χ0n) is 16.1. The summed E-state index contributed by atoms with van der Waals surface area (Å²) in [5.41, 5.74) is 2.54. The molecule has 1 aliphatic rings. The first-order valence-electron chi connectivity index (χ1n) is 9.55. The number of hydrogen-bond donors (Lipinski definition) is 1. The van der Waals surface area contributed by atoms with Gasteiger partial charge in [0.15, 0.2) is 0 Å². The molecule has 1 fully saturated rings. The van der Waals surface area contributed by atoms with Gasteiger partial charge in [0.2, 0.25) is 0 Å². The van der Waals surface area contributed by atoms with Gasteiger partial charge in [-0.25, -0.2) is 0 Å². The number of Topliss-reactive ketones (excluding diaryl/α,β-unsaturated/α-hetero) is 1. The molecule has 2 aromatic rings. The number of aliphatic hydroxyl groups is 1. The molecule has 0 aromatic heterocycles. The number of carbonyl (C=O) groups is 2. The molecule has 0 spiro atoms. The molecule has 28 heavy (non-hydrogen) atoms. The van der Waals surface area contributed by atoms with Gasteiger partial charge in [0, 0.05) is 16.6 Å². The van der Waals surface area contributed by atoms with E-state index in [0.29, 0.717) is 12.1 Å². The summed E-state index contributed by atoms with van der Waals surface area (Å²) in [6.45, 7) is 4.55. The van der Waals surface area contributed by atoms with Gasteiger partial charge in [-0.05, 0) is 36.6 Å². The standard InChI is InChI=1S/C23H24BrNO3/c1-3-4-7-14-25-20(18-9-6-5-8-15(18)2)19(22(27)23(25)28)21(26)16-10-12-17(24)13-11-16/h5-6,8-13,20,26H,3-4,7,14H2,1-2H3/b21-19-. The fraction of sp³-hybridized carbons (Fsp3) is 0.304. The predicted molar refractivity (Wildman–Crippen MR) is 114 cm³/mol. The molecule has 4 nitrogen and oxygen atoms in total. The van der Waals surface area contributed by atoms with Crippen molar-refractivity contribution in [3.63, 3.8) is 0 Å². The predicted octanol–water partition coefficient (Wildman–Crippen LogP) is 5.37. The van der Waals surface area contributed by atoms with Gasteiger partial charge in [0.25, 0.3) is 11.7 Å². The molecular formula is C23H24BrNO3. The number of hydrogen-bond acceptors (Lipinski definition) is 3. The van der Waals surface area contributed by atoms with Crippen LogP contribution in [0, 0.1) is 6.92 Å². The van der Waals surface area contributed by atoms with E-state index in [9.17, 15) is 14.7 Å². The number of amides is 1. The van der Waals surface area contributed by atoms with Gasteiger partial charge in [0.05, 0.1) is 11.6 Å². The van der Waals surface area contributed by atoms with Crippen LogP contribution in [-0.4, -0.2) is 28.2 Å². The highest BCUT2D eigenvalue weighted by Gasteiger charge is 2.46. The number of nitrogens with zero attached hydrogens (tertiary/aromatic N) is 1. The lowest BCUT2D eigenvalue weighted by atomic mass is 9.92. The Morgan fingerprint density at radius 3 is 2.39 bits per heavy atom. The highest BCUT2D eigenvalue weighted by Crippen LogP contribution is 2.40. The third-order valence-corrected chi connectivity index (χ3v) is 5.67. The van der Waals surface area contributed by atoms with Crippen molar-refractivity contribution in [2.45, 2.75) is 39.2 Å². The van der Waals surface area contributed by atoms with E-state index in [0.717, 1.165) is 34.9 Å². The maximum atomic E-state index is 12.9. The first-order valence-corrected chi connectivity index (χ1v) is 10.3. The Morgan fingerprint density at radius 2 is 1.75 bits per heavy atom. The van der Waals surface area contributed by atoms with Crippen LogP contribution in [0.15, 0.2) is 58.6 Å². The van der Waals surface area contributed by atoms with E-state index in [1.54, 1.807) is 29.2 Å². The Hall–Kier alpha value is -2.40. The van der Waals surface area contributed by atoms with E-state index >= 15 is 0 Å². The number of carbonyl (C=O) groups excluding carboxylic acids is 2. The first kappa shape index (κ1) is 20.3. The largest absolute Gasteiger partial charge is 0.507 e. The van der Waals surface area contributed by atoms with Gasteiger partial charge in [0.1, 0.15) is 5.76 Å². The molecule has 1 aliphatic heterocycles. The van der Waals surface area contributed by atoms with E-state index in [2.05, 4.69) is 22.9 Å². The Kier molecular flexibility index (Phi) is 6.35. The van der Waals surface area contributed by atoms with Crippen molar-refractivity contribution in [2.24, 2.45) is 0 Å². The topological polar surface area (TPSA) is 57.6 Å². The molecule has 1 atom stereocenters. The molecule has 146 valence electrons. The lowest BCUT2D eigenvalue weighted by molar-refractivity contribution is -0.139. The van der Waals surface area contributed by atoms with Gasteiger partial charge in [-0.3, -0.25) is 9.59 Å². The molecular weight excluding hydrogens is 418 g/mol. The zero-order chi connectivity index (χ0) is 20.3. The van der Waals surface area contributed by atoms with Crippen LogP contribution in [0.25, 0.3) is 5.76 Å². The van der Waals surface area contributed by atoms with E-state index < -0.39 is 17.7 Å². The van der Waals surface area contributed by atoms with Crippen molar-refractivity contribution >= 4 is 33.4 Å². The van der Waals surface area contributed by atoms with Crippen LogP contribution in [0.4, 0.5) is 0 Å². The third kappa shape index (κ3) is 3.90. The molecule has 0 radical (unpaired) electrons. The fourth-order valence-electron chi connectivity index (χ4n) is 3.62. The van der Waals surface area contributed by atoms with Crippen LogP contribution in [-0.2, 0) is 9.59 Å². The molecule has 2 aromatic carbocycles. The Labute approximate surface area is 174 Å². The van der Waals surface area contributed by atoms with Gasteiger partial charge in [-0.2, -0.15) is 0 Å². The number of likely N-dealkylation sites (tertiary alicyclic amines) is 1. The Morgan fingerprint density at radius 1 is 1.07 bits per heavy atom. The summed E-state index contributed by atoms with van der Waals surface area (Å²) in [5.74, 6) is -1.29. The Balaban J connectivity index is 2.14. The van der Waals surface area contributed by atoms with Crippen LogP contribution < -0.4 is 0 Å². The van der Waals surface area contributed by atoms with Crippen molar-refractivity contribution in [3.8, 4) is 0 Å². The summed E-state index contributed by atoms with van der Waals surface area (Å²) in [6.07, 6.45) is 2.83. The second-order valence-corrected chi connectivity index (χ2v) is 7.98. The van der Waals surface area contributed by atoms with E-state index in [1.807, 2.05) is 31.2 Å². The highest BCUT2D eigenvalue weighted by molar-refractivity contribution is 9.10. The van der Waals surface area contributed by atoms with Gasteiger partial charge in [-0.1, -0.05) is 72.1 Å². The SMILES string of the molecule is CCCCCN1C(=O)C(=O)/C(=C(\O)c2ccc(Br)cc2)C1c1ccccc1C. The van der Waals surface area contributed by atoms with Gasteiger partial charge in [-0.15, -0.1) is 0 Å². The van der Waals surface area contributed by atoms with Gasteiger partial charge >= 0.3 is 0 Å². The van der Waals surface area contributed by atoms with Crippen molar-refractivity contribution < 1.29 is 14.7 Å². The zero-order valence-corrected chi connectivity index (χ0v) is 17.7. The molecule has 0 saturated carbocycles. The molecule has 0 aliphatic carbocycles. The molecule has 0 bridgehead atoms. The second-order valence-electron chi connectivity index (χ2n) is 7.06. The molecule has 1 amide bonds. The minimum atomic E-state index is -0.620. The third-order valence-electron chi connectivity index (χ3n) is 5.14. The molecule has 1 unspecified atom stereocenters. The lowest BCUT2D eigenvalue weighted by Crippen LogP contribution is -2.31. The second kappa shape index (κ2) is 8.74. The van der Waals surface area contributed by atoms with Crippen molar-refractivity contribution in [3.05, 3.63) is 75.3 Å². The number of benzene rings is 2. The number of rotatable bonds is 6. The number of unbranched alkanes of at least 4 members (excludes halogenated alkanes) is 2. The summed E-state index contributed by atoms with van der Waals surface area (Å²) < 4.78 is 0.875. The summed E-state index contributed by atoms with van der Waals surface area (Å²) in [7, 11) is 0. The average molecular weight is 442 g/mol. The fourth-order valence-corrected chi connectivity index (χ4v) is 3.89. The smallest absolute Gasteiger partial charge is 0.295 e. The molecule has 1 heterocycles. The number of ketones is 1. The molecule has 1 saturated heterocycles. The average Bonchev–Trinajstić information content (AvgIpc) is 2.93. The summed E-state index contributed by atoms with van der Waals surface area (Å²) in [4.78, 5) is 27.3. The van der Waals surface area contributed by atoms with Crippen LogP contribution in [0.2, 0.25) is 0 Å². The summed E-state index contributed by atoms with van der Waals surface area (Å²) in [6, 6.07) is 14.2. The van der Waals surface area contributed by atoms with Crippen LogP contribution in [0.1, 0.15) is 48.9 Å². The summed E-state index contributed by atoms with van der Waals surface area (Å²) in [5, 5.41) is 11.0. The minimum absolute atomic E-state index is 0.128. The van der Waals surface area contributed by atoms with Crippen molar-refractivity contribution in [1.29, 1.82) is 0 Å². The normalized spacial score (nSPS) is 18.7. The van der Waals surface area contributed by atoms with E-state index in [-0.39, 0.29) is 11.3 Å². The van der Waals surface area contributed by atoms with E-state index in [1.165, 1.54) is 0 Å². The summed E-state index contributed by atoms with van der Waals surface area (Å²) >= 11 is 3.38. The quantitative estimate of drug-likeness (QED) is 0.283. The molecule has 3 rings (SSSR count). The molecule has 5 heteroatoms. The minimum Gasteiger partial charge on any atom is -0.507 e. The van der Waals surface area contributed by atoms with E-state index in [4.69, 9.17) is 0 Å². The van der Waals surface area contributed by atoms with Crippen LogP contribution in [0.3, 0.4) is 0 Å². The number of aryl methyl sites for hydroxylation is 1. The maximum absolute atomic E-state index is 12.9. The van der Waals surface area contributed by atoms with Crippen molar-refractivity contribution in [2.75, 3.05) is 6.54 Å². The Bertz CT molecular complexity index is 918. The maximum Gasteiger partial charge on any atom is 0.295 e. The van der Waals surface area contributed by atoms with Crippen molar-refractivity contribution in [1.82, 2.24) is 4.90 Å². The number of halogens is 1. The number of aliphatic hydroxyl groups excluding tert-OH is 1. The van der Waals surface area contributed by atoms with Crippen LogP contribution >= 0.6 is 15.9 Å². The monoisotopic (exact) mass is 441 g/mol. The highest BCUT2D eigenvalue weighted by atomic mass is 79.9. The van der Waals surface area contributed by atoms with Crippen LogP contribution in [0.5, 0.6) is 0 Å². The lowest BCUT2D eigenvalue weighted by Gasteiger charge is -2.26. The molecule has 1 N–H and O–H groups in total. The van der Waals surface area contributed by atoms with Gasteiger partial charge < -0.3 is 10.0 Å². The first-order chi connectivity index (χ1) is 13.5.